The smallest absolute Gasteiger partial charge is 0.174 e. The lowest BCUT2D eigenvalue weighted by Crippen LogP contribution is -2.03. The first-order valence-corrected chi connectivity index (χ1v) is 5.19. The lowest BCUT2D eigenvalue weighted by atomic mass is 10.1. The molecule has 0 unspecified atom stereocenters. The van der Waals surface area contributed by atoms with Crippen molar-refractivity contribution in [3.63, 3.8) is 0 Å². The molecule has 0 aliphatic carbocycles. The largest absolute Gasteiger partial charge is 0.398 e. The zero-order valence-corrected chi connectivity index (χ0v) is 9.39. The van der Waals surface area contributed by atoms with E-state index < -0.39 is 0 Å². The highest BCUT2D eigenvalue weighted by molar-refractivity contribution is 9.09. The van der Waals surface area contributed by atoms with Crippen molar-refractivity contribution in [1.29, 1.82) is 5.26 Å². The van der Waals surface area contributed by atoms with Gasteiger partial charge in [-0.1, -0.05) is 27.5 Å². The van der Waals surface area contributed by atoms with E-state index in [1.165, 1.54) is 12.1 Å². The molecule has 0 radical (unpaired) electrons. The number of hydrogen-bond donors (Lipinski definition) is 1. The zero-order valence-electron chi connectivity index (χ0n) is 7.05. The van der Waals surface area contributed by atoms with E-state index in [1.54, 1.807) is 0 Å². The first-order valence-electron chi connectivity index (χ1n) is 3.69. The van der Waals surface area contributed by atoms with Gasteiger partial charge in [0.25, 0.3) is 0 Å². The Bertz CT molecular complexity index is 426. The first-order chi connectivity index (χ1) is 6.61. The molecule has 0 fully saturated rings. The number of anilines is 1. The van der Waals surface area contributed by atoms with Gasteiger partial charge >= 0.3 is 0 Å². The zero-order chi connectivity index (χ0) is 10.7. The van der Waals surface area contributed by atoms with Crippen LogP contribution in [0, 0.1) is 11.3 Å². The average Bonchev–Trinajstić information content (AvgIpc) is 2.18. The van der Waals surface area contributed by atoms with E-state index in [1.807, 2.05) is 6.07 Å². The molecule has 72 valence electrons. The van der Waals surface area contributed by atoms with Gasteiger partial charge in [-0.25, -0.2) is 0 Å². The number of nitriles is 1. The summed E-state index contributed by atoms with van der Waals surface area (Å²) in [7, 11) is 0. The molecule has 14 heavy (non-hydrogen) atoms. The minimum atomic E-state index is -0.175. The van der Waals surface area contributed by atoms with Crippen molar-refractivity contribution in [3.8, 4) is 6.07 Å². The molecular formula is C9H6BrClN2O. The molecule has 0 aliphatic rings. The van der Waals surface area contributed by atoms with Gasteiger partial charge in [0, 0.05) is 5.56 Å². The molecule has 1 rings (SSSR count). The Balaban J connectivity index is 3.37. The van der Waals surface area contributed by atoms with Crippen molar-refractivity contribution < 1.29 is 4.79 Å². The fourth-order valence-electron chi connectivity index (χ4n) is 0.992. The summed E-state index contributed by atoms with van der Waals surface area (Å²) >= 11 is 8.87. The van der Waals surface area contributed by atoms with Crippen LogP contribution in [0.3, 0.4) is 0 Å². The molecule has 3 nitrogen and oxygen atoms in total. The SMILES string of the molecule is N#Cc1c(N)ccc(C(=O)CBr)c1Cl. The second-order valence-corrected chi connectivity index (χ2v) is 3.50. The molecule has 0 saturated carbocycles. The Morgan fingerprint density at radius 3 is 2.79 bits per heavy atom. The number of nitrogens with two attached hydrogens (primary N) is 1. The van der Waals surface area contributed by atoms with E-state index in [0.29, 0.717) is 5.56 Å². The fourth-order valence-corrected chi connectivity index (χ4v) is 1.61. The van der Waals surface area contributed by atoms with E-state index in [9.17, 15) is 4.79 Å². The summed E-state index contributed by atoms with van der Waals surface area (Å²) in [5.41, 5.74) is 6.26. The van der Waals surface area contributed by atoms with Gasteiger partial charge in [-0.05, 0) is 12.1 Å². The monoisotopic (exact) mass is 272 g/mol. The highest BCUT2D eigenvalue weighted by Gasteiger charge is 2.14. The Morgan fingerprint density at radius 1 is 1.64 bits per heavy atom. The molecule has 0 saturated heterocycles. The van der Waals surface area contributed by atoms with E-state index in [0.717, 1.165) is 0 Å². The van der Waals surface area contributed by atoms with Crippen LogP contribution in [0.5, 0.6) is 0 Å². The molecule has 0 bridgehead atoms. The molecule has 1 aromatic rings. The molecule has 0 spiro atoms. The molecule has 0 aromatic heterocycles. The second kappa shape index (κ2) is 4.45. The van der Waals surface area contributed by atoms with E-state index >= 15 is 0 Å². The molecule has 0 aliphatic heterocycles. The maximum atomic E-state index is 11.3. The van der Waals surface area contributed by atoms with Gasteiger partial charge in [0.2, 0.25) is 0 Å². The van der Waals surface area contributed by atoms with Crippen molar-refractivity contribution in [3.05, 3.63) is 28.3 Å². The number of nitrogen functional groups attached to an aromatic ring is 1. The van der Waals surface area contributed by atoms with Gasteiger partial charge in [0.15, 0.2) is 5.78 Å². The number of Topliss-reactive ketones (excluding diaryl/α,β-unsaturated/α-hetero) is 1. The van der Waals surface area contributed by atoms with Crippen LogP contribution in [0.1, 0.15) is 15.9 Å². The van der Waals surface area contributed by atoms with Crippen molar-refractivity contribution in [2.24, 2.45) is 0 Å². The normalized spacial score (nSPS) is 9.50. The summed E-state index contributed by atoms with van der Waals surface area (Å²) in [5.74, 6) is -0.175. The summed E-state index contributed by atoms with van der Waals surface area (Å²) in [6.45, 7) is 0. The molecule has 5 heteroatoms. The third-order valence-electron chi connectivity index (χ3n) is 1.71. The number of ketones is 1. The highest BCUT2D eigenvalue weighted by atomic mass is 79.9. The van der Waals surface area contributed by atoms with E-state index in [2.05, 4.69) is 15.9 Å². The number of halogens is 2. The third kappa shape index (κ3) is 1.89. The lowest BCUT2D eigenvalue weighted by molar-refractivity contribution is 0.102. The molecule has 2 N–H and O–H groups in total. The molecule has 0 atom stereocenters. The Hall–Kier alpha value is -1.05. The second-order valence-electron chi connectivity index (χ2n) is 2.56. The highest BCUT2D eigenvalue weighted by Crippen LogP contribution is 2.26. The summed E-state index contributed by atoms with van der Waals surface area (Å²) in [5, 5.41) is 9.03. The number of benzene rings is 1. The Morgan fingerprint density at radius 2 is 2.29 bits per heavy atom. The minimum absolute atomic E-state index is 0.122. The maximum Gasteiger partial charge on any atom is 0.174 e. The van der Waals surface area contributed by atoms with Crippen LogP contribution in [-0.4, -0.2) is 11.1 Å². The molecule has 0 amide bonds. The van der Waals surface area contributed by atoms with Gasteiger partial charge in [-0.15, -0.1) is 0 Å². The van der Waals surface area contributed by atoms with Crippen LogP contribution in [0.4, 0.5) is 5.69 Å². The summed E-state index contributed by atoms with van der Waals surface area (Å²) in [6.07, 6.45) is 0. The van der Waals surface area contributed by atoms with Crippen LogP contribution >= 0.6 is 27.5 Å². The van der Waals surface area contributed by atoms with Crippen molar-refractivity contribution in [2.75, 3.05) is 11.1 Å². The van der Waals surface area contributed by atoms with Crippen LogP contribution in [0.15, 0.2) is 12.1 Å². The van der Waals surface area contributed by atoms with E-state index in [-0.39, 0.29) is 27.4 Å². The topological polar surface area (TPSA) is 66.9 Å². The Kier molecular flexibility index (Phi) is 3.50. The lowest BCUT2D eigenvalue weighted by Gasteiger charge is -2.04. The van der Waals surface area contributed by atoms with Crippen LogP contribution < -0.4 is 5.73 Å². The van der Waals surface area contributed by atoms with Gasteiger partial charge in [0.1, 0.15) is 6.07 Å². The third-order valence-corrected chi connectivity index (χ3v) is 2.61. The number of alkyl halides is 1. The maximum absolute atomic E-state index is 11.3. The standard InChI is InChI=1S/C9H6BrClN2O/c10-3-8(14)5-1-2-7(13)6(4-12)9(5)11/h1-2H,3,13H2. The number of carbonyl (C=O) groups excluding carboxylic acids is 1. The fraction of sp³-hybridized carbons (Fsp3) is 0.111. The van der Waals surface area contributed by atoms with E-state index in [4.69, 9.17) is 22.6 Å². The van der Waals surface area contributed by atoms with Gasteiger partial charge in [-0.2, -0.15) is 5.26 Å². The van der Waals surface area contributed by atoms with Crippen molar-refractivity contribution in [2.45, 2.75) is 0 Å². The summed E-state index contributed by atoms with van der Waals surface area (Å²) in [4.78, 5) is 11.3. The number of carbonyl (C=O) groups is 1. The predicted molar refractivity (Wildman–Crippen MR) is 58.7 cm³/mol. The predicted octanol–water partition coefficient (Wildman–Crippen LogP) is 2.37. The quantitative estimate of drug-likeness (QED) is 0.511. The number of rotatable bonds is 2. The summed E-state index contributed by atoms with van der Waals surface area (Å²) < 4.78 is 0. The van der Waals surface area contributed by atoms with Gasteiger partial charge < -0.3 is 5.73 Å². The van der Waals surface area contributed by atoms with Crippen LogP contribution in [-0.2, 0) is 0 Å². The minimum Gasteiger partial charge on any atom is -0.398 e. The number of nitrogens with zero attached hydrogens (tertiary/aromatic N) is 1. The van der Waals surface area contributed by atoms with Crippen LogP contribution in [0.25, 0.3) is 0 Å². The Labute approximate surface area is 94.6 Å². The van der Waals surface area contributed by atoms with Gasteiger partial charge in [-0.3, -0.25) is 4.79 Å². The van der Waals surface area contributed by atoms with Crippen molar-refractivity contribution in [1.82, 2.24) is 0 Å². The van der Waals surface area contributed by atoms with Gasteiger partial charge in [0.05, 0.1) is 21.6 Å². The summed E-state index contributed by atoms with van der Waals surface area (Å²) in [6, 6.07) is 4.87. The average molecular weight is 274 g/mol. The molecule has 0 heterocycles. The molecule has 1 aromatic carbocycles. The first kappa shape index (κ1) is 11.0. The number of hydrogen-bond acceptors (Lipinski definition) is 3. The van der Waals surface area contributed by atoms with Crippen LogP contribution in [0.2, 0.25) is 5.02 Å². The van der Waals surface area contributed by atoms with Crippen molar-refractivity contribution >= 4 is 39.0 Å². The molecular weight excluding hydrogens is 267 g/mol.